The molecule has 1 fully saturated rings. The van der Waals surface area contributed by atoms with E-state index in [0.29, 0.717) is 0 Å². The summed E-state index contributed by atoms with van der Waals surface area (Å²) in [4.78, 5) is 0. The lowest BCUT2D eigenvalue weighted by Gasteiger charge is -2.35. The molecule has 2 unspecified atom stereocenters. The average Bonchev–Trinajstić information content (AvgIpc) is 2.25. The van der Waals surface area contributed by atoms with Gasteiger partial charge < -0.3 is 5.32 Å². The van der Waals surface area contributed by atoms with Crippen LogP contribution in [0.3, 0.4) is 0 Å². The van der Waals surface area contributed by atoms with Gasteiger partial charge in [0.1, 0.15) is 0 Å². The van der Waals surface area contributed by atoms with Crippen molar-refractivity contribution >= 4 is 11.8 Å². The quantitative estimate of drug-likeness (QED) is 0.699. The fourth-order valence-corrected chi connectivity index (χ4v) is 3.22. The average molecular weight is 229 g/mol. The summed E-state index contributed by atoms with van der Waals surface area (Å²) in [6, 6.07) is 0.802. The van der Waals surface area contributed by atoms with Gasteiger partial charge in [0.05, 0.1) is 0 Å². The first-order chi connectivity index (χ1) is 7.25. The smallest absolute Gasteiger partial charge is 0.00981 e. The van der Waals surface area contributed by atoms with Gasteiger partial charge in [-0.3, -0.25) is 0 Å². The fourth-order valence-electron chi connectivity index (χ4n) is 2.67. The molecule has 0 radical (unpaired) electrons. The summed E-state index contributed by atoms with van der Waals surface area (Å²) >= 11 is 2.04. The first kappa shape index (κ1) is 13.4. The van der Waals surface area contributed by atoms with Gasteiger partial charge >= 0.3 is 0 Å². The molecule has 1 N–H and O–H groups in total. The van der Waals surface area contributed by atoms with Crippen molar-refractivity contribution in [2.24, 2.45) is 11.8 Å². The molecule has 0 bridgehead atoms. The first-order valence-electron chi connectivity index (χ1n) is 6.56. The summed E-state index contributed by atoms with van der Waals surface area (Å²) in [5.41, 5.74) is 0. The van der Waals surface area contributed by atoms with Crippen LogP contribution in [0.25, 0.3) is 0 Å². The monoisotopic (exact) mass is 229 g/mol. The van der Waals surface area contributed by atoms with Gasteiger partial charge in [0.2, 0.25) is 0 Å². The van der Waals surface area contributed by atoms with E-state index in [9.17, 15) is 0 Å². The molecule has 0 saturated heterocycles. The van der Waals surface area contributed by atoms with E-state index in [-0.39, 0.29) is 0 Å². The third-order valence-electron chi connectivity index (χ3n) is 3.53. The minimum atomic E-state index is 0.802. The molecule has 0 aromatic heterocycles. The first-order valence-corrected chi connectivity index (χ1v) is 7.72. The summed E-state index contributed by atoms with van der Waals surface area (Å²) in [6.07, 6.45) is 5.72. The molecule has 0 aromatic rings. The van der Waals surface area contributed by atoms with E-state index in [0.717, 1.165) is 17.9 Å². The number of hydrogen-bond acceptors (Lipinski definition) is 2. The van der Waals surface area contributed by atoms with E-state index in [1.54, 1.807) is 0 Å². The molecule has 0 spiro atoms. The Morgan fingerprint density at radius 3 is 2.67 bits per heavy atom. The summed E-state index contributed by atoms with van der Waals surface area (Å²) in [6.45, 7) is 8.20. The highest BCUT2D eigenvalue weighted by atomic mass is 32.2. The lowest BCUT2D eigenvalue weighted by atomic mass is 9.78. The molecule has 2 heteroatoms. The van der Waals surface area contributed by atoms with E-state index in [1.807, 2.05) is 11.8 Å². The predicted octanol–water partition coefficient (Wildman–Crippen LogP) is 3.54. The lowest BCUT2D eigenvalue weighted by Crippen LogP contribution is -2.41. The molecule has 2 atom stereocenters. The van der Waals surface area contributed by atoms with Gasteiger partial charge in [0.25, 0.3) is 0 Å². The molecule has 0 aliphatic heterocycles. The Kier molecular flexibility index (Phi) is 6.74. The lowest BCUT2D eigenvalue weighted by molar-refractivity contribution is 0.208. The molecule has 15 heavy (non-hydrogen) atoms. The van der Waals surface area contributed by atoms with Crippen LogP contribution >= 0.6 is 11.8 Å². The zero-order valence-corrected chi connectivity index (χ0v) is 11.4. The number of hydrogen-bond donors (Lipinski definition) is 1. The number of rotatable bonds is 6. The Morgan fingerprint density at radius 2 is 2.00 bits per heavy atom. The number of thioether (sulfide) groups is 1. The van der Waals surface area contributed by atoms with Gasteiger partial charge in [-0.25, -0.2) is 0 Å². The van der Waals surface area contributed by atoms with Crippen molar-refractivity contribution < 1.29 is 0 Å². The second kappa shape index (κ2) is 7.56. The second-order valence-corrected chi connectivity index (χ2v) is 6.34. The van der Waals surface area contributed by atoms with Crippen molar-refractivity contribution in [3.63, 3.8) is 0 Å². The highest BCUT2D eigenvalue weighted by molar-refractivity contribution is 7.99. The zero-order valence-electron chi connectivity index (χ0n) is 10.6. The normalized spacial score (nSPS) is 27.2. The molecule has 1 rings (SSSR count). The van der Waals surface area contributed by atoms with Crippen molar-refractivity contribution in [2.75, 3.05) is 18.1 Å². The third-order valence-corrected chi connectivity index (χ3v) is 4.43. The highest BCUT2D eigenvalue weighted by Gasteiger charge is 2.26. The van der Waals surface area contributed by atoms with Crippen LogP contribution in [0.5, 0.6) is 0 Å². The maximum absolute atomic E-state index is 3.77. The summed E-state index contributed by atoms with van der Waals surface area (Å²) in [5, 5.41) is 3.77. The summed E-state index contributed by atoms with van der Waals surface area (Å²) < 4.78 is 0. The fraction of sp³-hybridized carbons (Fsp3) is 1.00. The largest absolute Gasteiger partial charge is 0.313 e. The van der Waals surface area contributed by atoms with Gasteiger partial charge in [0, 0.05) is 18.3 Å². The summed E-state index contributed by atoms with van der Waals surface area (Å²) in [5.74, 6) is 4.30. The van der Waals surface area contributed by atoms with Crippen molar-refractivity contribution in [2.45, 2.75) is 52.5 Å². The van der Waals surface area contributed by atoms with Crippen LogP contribution in [0, 0.1) is 11.8 Å². The number of nitrogens with one attached hydrogen (secondary N) is 1. The Labute approximate surface area is 99.8 Å². The van der Waals surface area contributed by atoms with Crippen LogP contribution in [0.2, 0.25) is 0 Å². The summed E-state index contributed by atoms with van der Waals surface area (Å²) in [7, 11) is 0. The van der Waals surface area contributed by atoms with Crippen LogP contribution in [0.1, 0.15) is 46.5 Å². The van der Waals surface area contributed by atoms with E-state index < -0.39 is 0 Å². The van der Waals surface area contributed by atoms with Crippen LogP contribution < -0.4 is 5.32 Å². The maximum atomic E-state index is 3.77. The van der Waals surface area contributed by atoms with E-state index in [2.05, 4.69) is 26.1 Å². The molecule has 0 heterocycles. The van der Waals surface area contributed by atoms with Gasteiger partial charge in [0.15, 0.2) is 0 Å². The van der Waals surface area contributed by atoms with Crippen LogP contribution in [-0.4, -0.2) is 24.1 Å². The van der Waals surface area contributed by atoms with Crippen LogP contribution in [0.4, 0.5) is 0 Å². The Balaban J connectivity index is 2.23. The van der Waals surface area contributed by atoms with Crippen molar-refractivity contribution in [3.8, 4) is 0 Å². The van der Waals surface area contributed by atoms with Crippen LogP contribution in [-0.2, 0) is 0 Å². The van der Waals surface area contributed by atoms with Gasteiger partial charge in [-0.1, -0.05) is 33.6 Å². The van der Waals surface area contributed by atoms with E-state index in [4.69, 9.17) is 0 Å². The Morgan fingerprint density at radius 1 is 1.27 bits per heavy atom. The Hall–Kier alpha value is 0.310. The van der Waals surface area contributed by atoms with Gasteiger partial charge in [-0.05, 0) is 30.4 Å². The topological polar surface area (TPSA) is 12.0 Å². The predicted molar refractivity (Wildman–Crippen MR) is 71.6 cm³/mol. The standard InChI is InChI=1S/C13H27NS/c1-4-15-10-9-14-13-8-6-5-7-12(13)11(2)3/h11-14H,4-10H2,1-3H3. The van der Waals surface area contributed by atoms with Gasteiger partial charge in [-0.15, -0.1) is 0 Å². The third kappa shape index (κ3) is 4.78. The second-order valence-electron chi connectivity index (χ2n) is 4.95. The molecule has 1 aliphatic rings. The highest BCUT2D eigenvalue weighted by Crippen LogP contribution is 2.30. The molecular formula is C13H27NS. The molecular weight excluding hydrogens is 202 g/mol. The van der Waals surface area contributed by atoms with E-state index in [1.165, 1.54) is 43.7 Å². The van der Waals surface area contributed by atoms with Crippen molar-refractivity contribution in [3.05, 3.63) is 0 Å². The maximum Gasteiger partial charge on any atom is 0.00981 e. The molecule has 0 amide bonds. The molecule has 1 aliphatic carbocycles. The molecule has 0 aromatic carbocycles. The SMILES string of the molecule is CCSCCNC1CCCCC1C(C)C. The minimum absolute atomic E-state index is 0.802. The van der Waals surface area contributed by atoms with E-state index >= 15 is 0 Å². The molecule has 1 saturated carbocycles. The Bertz CT molecular complexity index is 159. The van der Waals surface area contributed by atoms with Crippen molar-refractivity contribution in [1.82, 2.24) is 5.32 Å². The van der Waals surface area contributed by atoms with Crippen LogP contribution in [0.15, 0.2) is 0 Å². The zero-order chi connectivity index (χ0) is 11.1. The molecule has 90 valence electrons. The van der Waals surface area contributed by atoms with Gasteiger partial charge in [-0.2, -0.15) is 11.8 Å². The molecule has 1 nitrogen and oxygen atoms in total. The minimum Gasteiger partial charge on any atom is -0.313 e. The van der Waals surface area contributed by atoms with Crippen molar-refractivity contribution in [1.29, 1.82) is 0 Å².